The van der Waals surface area contributed by atoms with Gasteiger partial charge in [-0.25, -0.2) is 9.18 Å². The fourth-order valence-corrected chi connectivity index (χ4v) is 1.38. The van der Waals surface area contributed by atoms with Crippen molar-refractivity contribution in [2.75, 3.05) is 6.54 Å². The second kappa shape index (κ2) is 4.94. The Kier molecular flexibility index (Phi) is 3.84. The SMILES string of the molecule is CC(O)(CNC(=O)O)Cc1ccccc1F. The fraction of sp³-hybridized carbons (Fsp3) is 0.364. The summed E-state index contributed by atoms with van der Waals surface area (Å²) in [6.45, 7) is 1.31. The molecule has 0 saturated heterocycles. The van der Waals surface area contributed by atoms with Gasteiger partial charge in [0, 0.05) is 13.0 Å². The van der Waals surface area contributed by atoms with E-state index < -0.39 is 17.5 Å². The van der Waals surface area contributed by atoms with Gasteiger partial charge >= 0.3 is 6.09 Å². The average molecular weight is 227 g/mol. The Bertz CT molecular complexity index is 379. The van der Waals surface area contributed by atoms with Crippen LogP contribution in [-0.4, -0.2) is 28.5 Å². The summed E-state index contributed by atoms with van der Waals surface area (Å²) in [5.41, 5.74) is -0.944. The van der Waals surface area contributed by atoms with E-state index in [9.17, 15) is 14.3 Å². The Balaban J connectivity index is 2.65. The molecule has 1 aromatic rings. The van der Waals surface area contributed by atoms with Gasteiger partial charge in [0.05, 0.1) is 5.60 Å². The van der Waals surface area contributed by atoms with Gasteiger partial charge in [0.15, 0.2) is 0 Å². The van der Waals surface area contributed by atoms with E-state index in [1.54, 1.807) is 18.2 Å². The molecule has 0 bridgehead atoms. The van der Waals surface area contributed by atoms with Crippen LogP contribution in [0.2, 0.25) is 0 Å². The van der Waals surface area contributed by atoms with Gasteiger partial charge in [-0.2, -0.15) is 0 Å². The van der Waals surface area contributed by atoms with E-state index in [-0.39, 0.29) is 13.0 Å². The monoisotopic (exact) mass is 227 g/mol. The zero-order valence-electron chi connectivity index (χ0n) is 8.90. The molecule has 4 nitrogen and oxygen atoms in total. The summed E-state index contributed by atoms with van der Waals surface area (Å²) < 4.78 is 13.3. The second-order valence-corrected chi connectivity index (χ2v) is 3.92. The number of rotatable bonds is 4. The maximum Gasteiger partial charge on any atom is 0.404 e. The molecular formula is C11H14FNO3. The smallest absolute Gasteiger partial charge is 0.404 e. The molecule has 16 heavy (non-hydrogen) atoms. The average Bonchev–Trinajstić information content (AvgIpc) is 2.19. The van der Waals surface area contributed by atoms with Crippen molar-refractivity contribution < 1.29 is 19.4 Å². The summed E-state index contributed by atoms with van der Waals surface area (Å²) in [7, 11) is 0. The maximum atomic E-state index is 13.3. The molecule has 0 saturated carbocycles. The molecule has 0 radical (unpaired) electrons. The van der Waals surface area contributed by atoms with Gasteiger partial charge in [0.1, 0.15) is 5.82 Å². The first kappa shape index (κ1) is 12.4. The summed E-state index contributed by atoms with van der Waals surface area (Å²) in [6, 6.07) is 6.09. The van der Waals surface area contributed by atoms with Crippen molar-refractivity contribution in [3.05, 3.63) is 35.6 Å². The molecule has 0 aliphatic carbocycles. The normalized spacial score (nSPS) is 14.2. The molecule has 1 amide bonds. The van der Waals surface area contributed by atoms with E-state index in [0.717, 1.165) is 0 Å². The van der Waals surface area contributed by atoms with Crippen LogP contribution in [0.15, 0.2) is 24.3 Å². The van der Waals surface area contributed by atoms with E-state index in [0.29, 0.717) is 5.56 Å². The number of halogens is 1. The molecule has 1 unspecified atom stereocenters. The summed E-state index contributed by atoms with van der Waals surface area (Å²) in [4.78, 5) is 10.3. The number of aliphatic hydroxyl groups is 1. The first-order valence-electron chi connectivity index (χ1n) is 4.83. The van der Waals surface area contributed by atoms with Gasteiger partial charge in [0.2, 0.25) is 0 Å². The minimum absolute atomic E-state index is 0.0555. The van der Waals surface area contributed by atoms with Crippen LogP contribution >= 0.6 is 0 Å². The van der Waals surface area contributed by atoms with Crippen molar-refractivity contribution in [1.29, 1.82) is 0 Å². The first-order valence-corrected chi connectivity index (χ1v) is 4.83. The minimum atomic E-state index is -1.30. The van der Waals surface area contributed by atoms with Gasteiger partial charge in [-0.15, -0.1) is 0 Å². The van der Waals surface area contributed by atoms with Crippen LogP contribution < -0.4 is 5.32 Å². The van der Waals surface area contributed by atoms with Gasteiger partial charge < -0.3 is 15.5 Å². The first-order chi connectivity index (χ1) is 7.41. The molecule has 1 atom stereocenters. The van der Waals surface area contributed by atoms with Crippen molar-refractivity contribution in [3.8, 4) is 0 Å². The molecule has 3 N–H and O–H groups in total. The highest BCUT2D eigenvalue weighted by molar-refractivity contribution is 5.64. The van der Waals surface area contributed by atoms with Gasteiger partial charge in [-0.1, -0.05) is 18.2 Å². The highest BCUT2D eigenvalue weighted by Gasteiger charge is 2.23. The maximum absolute atomic E-state index is 13.3. The predicted octanol–water partition coefficient (Wildman–Crippen LogP) is 1.39. The number of carboxylic acid groups (broad SMARTS) is 1. The highest BCUT2D eigenvalue weighted by Crippen LogP contribution is 2.15. The number of benzene rings is 1. The van der Waals surface area contributed by atoms with Crippen molar-refractivity contribution >= 4 is 6.09 Å². The fourth-order valence-electron chi connectivity index (χ4n) is 1.38. The summed E-state index contributed by atoms with van der Waals surface area (Å²) in [5.74, 6) is -0.405. The third-order valence-corrected chi connectivity index (χ3v) is 2.15. The number of carbonyl (C=O) groups is 1. The summed E-state index contributed by atoms with van der Waals surface area (Å²) in [5, 5.41) is 20.3. The standard InChI is InChI=1S/C11H14FNO3/c1-11(16,7-13-10(14)15)6-8-4-2-3-5-9(8)12/h2-5,13,16H,6-7H2,1H3,(H,14,15). The predicted molar refractivity (Wildman–Crippen MR) is 56.8 cm³/mol. The van der Waals surface area contributed by atoms with Crippen LogP contribution in [0.3, 0.4) is 0 Å². The molecular weight excluding hydrogens is 213 g/mol. The summed E-state index contributed by atoms with van der Waals surface area (Å²) >= 11 is 0. The molecule has 1 rings (SSSR count). The van der Waals surface area contributed by atoms with Crippen LogP contribution in [0.4, 0.5) is 9.18 Å². The molecule has 88 valence electrons. The quantitative estimate of drug-likeness (QED) is 0.728. The van der Waals surface area contributed by atoms with Crippen LogP contribution in [0, 0.1) is 5.82 Å². The van der Waals surface area contributed by atoms with Gasteiger partial charge in [-0.05, 0) is 18.6 Å². The number of hydrogen-bond acceptors (Lipinski definition) is 2. The van der Waals surface area contributed by atoms with E-state index in [1.165, 1.54) is 13.0 Å². The van der Waals surface area contributed by atoms with Crippen LogP contribution in [0.5, 0.6) is 0 Å². The molecule has 0 aromatic heterocycles. The van der Waals surface area contributed by atoms with Crippen LogP contribution in [0.25, 0.3) is 0 Å². The van der Waals surface area contributed by atoms with Crippen LogP contribution in [0.1, 0.15) is 12.5 Å². The third-order valence-electron chi connectivity index (χ3n) is 2.15. The Morgan fingerprint density at radius 2 is 2.12 bits per heavy atom. The minimum Gasteiger partial charge on any atom is -0.465 e. The van der Waals surface area contributed by atoms with E-state index >= 15 is 0 Å². The van der Waals surface area contributed by atoms with E-state index in [2.05, 4.69) is 5.32 Å². The number of hydrogen-bond donors (Lipinski definition) is 3. The van der Waals surface area contributed by atoms with Crippen molar-refractivity contribution in [1.82, 2.24) is 5.32 Å². The number of nitrogens with one attached hydrogen (secondary N) is 1. The summed E-state index contributed by atoms with van der Waals surface area (Å²) in [6.07, 6.45) is -1.16. The van der Waals surface area contributed by atoms with Gasteiger partial charge in [0.25, 0.3) is 0 Å². The highest BCUT2D eigenvalue weighted by atomic mass is 19.1. The van der Waals surface area contributed by atoms with Crippen molar-refractivity contribution in [2.45, 2.75) is 18.9 Å². The Hall–Kier alpha value is -1.62. The molecule has 5 heteroatoms. The molecule has 1 aromatic carbocycles. The molecule has 0 aliphatic heterocycles. The Morgan fingerprint density at radius 3 is 2.69 bits per heavy atom. The van der Waals surface area contributed by atoms with Crippen molar-refractivity contribution in [2.24, 2.45) is 0 Å². The Labute approximate surface area is 92.7 Å². The topological polar surface area (TPSA) is 69.6 Å². The molecule has 0 fully saturated rings. The van der Waals surface area contributed by atoms with Crippen LogP contribution in [-0.2, 0) is 6.42 Å². The zero-order valence-corrected chi connectivity index (χ0v) is 8.90. The lowest BCUT2D eigenvalue weighted by atomic mass is 9.96. The molecule has 0 aliphatic rings. The lowest BCUT2D eigenvalue weighted by molar-refractivity contribution is 0.0588. The lowest BCUT2D eigenvalue weighted by Crippen LogP contribution is -2.41. The molecule has 0 heterocycles. The molecule has 0 spiro atoms. The number of amides is 1. The van der Waals surface area contributed by atoms with E-state index in [1.807, 2.05) is 0 Å². The lowest BCUT2D eigenvalue weighted by Gasteiger charge is -2.23. The Morgan fingerprint density at radius 1 is 1.50 bits per heavy atom. The van der Waals surface area contributed by atoms with Crippen molar-refractivity contribution in [3.63, 3.8) is 0 Å². The largest absolute Gasteiger partial charge is 0.465 e. The zero-order chi connectivity index (χ0) is 12.2. The van der Waals surface area contributed by atoms with E-state index in [4.69, 9.17) is 5.11 Å². The second-order valence-electron chi connectivity index (χ2n) is 3.92. The van der Waals surface area contributed by atoms with Gasteiger partial charge in [-0.3, -0.25) is 0 Å². The third kappa shape index (κ3) is 3.86.